The molecule has 0 heterocycles. The zero-order chi connectivity index (χ0) is 16.4. The number of nitrogens with one attached hydrogen (secondary N) is 2. The molecule has 1 aromatic carbocycles. The number of amides is 2. The molecule has 0 bridgehead atoms. The van der Waals surface area contributed by atoms with E-state index >= 15 is 0 Å². The van der Waals surface area contributed by atoms with E-state index in [0.717, 1.165) is 5.56 Å². The molecule has 0 aliphatic heterocycles. The summed E-state index contributed by atoms with van der Waals surface area (Å²) in [5.41, 5.74) is 2.90. The fourth-order valence-corrected chi connectivity index (χ4v) is 1.51. The summed E-state index contributed by atoms with van der Waals surface area (Å²) in [7, 11) is 3.03. The normalized spacial score (nSPS) is 10.3. The zero-order valence-corrected chi connectivity index (χ0v) is 12.8. The van der Waals surface area contributed by atoms with Gasteiger partial charge in [0.2, 0.25) is 5.91 Å². The third-order valence-corrected chi connectivity index (χ3v) is 2.57. The van der Waals surface area contributed by atoms with E-state index in [1.54, 1.807) is 31.4 Å². The van der Waals surface area contributed by atoms with Crippen LogP contribution in [0, 0.1) is 0 Å². The largest absolute Gasteiger partial charge is 0.493 e. The predicted molar refractivity (Wildman–Crippen MR) is 81.4 cm³/mol. The smallest absolute Gasteiger partial charge is 0.267 e. The third kappa shape index (κ3) is 5.84. The lowest BCUT2D eigenvalue weighted by atomic mass is 10.2. The first-order valence-corrected chi connectivity index (χ1v) is 6.72. The predicted octanol–water partition coefficient (Wildman–Crippen LogP) is 0.901. The Labute approximate surface area is 129 Å². The molecular formula is C15H20N2O5. The first kappa shape index (κ1) is 17.5. The molecule has 0 fully saturated rings. The number of carbonyl (C=O) groups excluding carboxylic acids is 2. The van der Waals surface area contributed by atoms with Gasteiger partial charge in [0, 0.05) is 13.1 Å². The van der Waals surface area contributed by atoms with Crippen molar-refractivity contribution in [2.45, 2.75) is 6.92 Å². The Bertz CT molecular complexity index is 543. The molecule has 0 radical (unpaired) electrons. The van der Waals surface area contributed by atoms with Crippen LogP contribution in [-0.2, 0) is 14.4 Å². The molecule has 1 rings (SSSR count). The Hall–Kier alpha value is -2.54. The lowest BCUT2D eigenvalue weighted by Crippen LogP contribution is -2.30. The summed E-state index contributed by atoms with van der Waals surface area (Å²) in [6.45, 7) is 2.18. The van der Waals surface area contributed by atoms with Crippen LogP contribution in [0.4, 0.5) is 0 Å². The molecule has 0 unspecified atom stereocenters. The first-order chi connectivity index (χ1) is 10.6. The van der Waals surface area contributed by atoms with E-state index in [1.807, 2.05) is 6.92 Å². The molecule has 0 atom stereocenters. The van der Waals surface area contributed by atoms with Gasteiger partial charge in [0.1, 0.15) is 0 Å². The van der Waals surface area contributed by atoms with Crippen molar-refractivity contribution in [1.29, 1.82) is 0 Å². The minimum absolute atomic E-state index is 0.243. The van der Waals surface area contributed by atoms with Crippen LogP contribution in [0.5, 0.6) is 11.5 Å². The van der Waals surface area contributed by atoms with Gasteiger partial charge in [-0.3, -0.25) is 14.4 Å². The highest BCUT2D eigenvalue weighted by Crippen LogP contribution is 2.28. The van der Waals surface area contributed by atoms with Gasteiger partial charge in [-0.2, -0.15) is 0 Å². The molecule has 0 saturated heterocycles. The molecule has 0 aliphatic rings. The quantitative estimate of drug-likeness (QED) is 0.550. The van der Waals surface area contributed by atoms with Crippen molar-refractivity contribution >= 4 is 17.9 Å². The molecular weight excluding hydrogens is 288 g/mol. The second kappa shape index (κ2) is 9.41. The summed E-state index contributed by atoms with van der Waals surface area (Å²) >= 11 is 0. The summed E-state index contributed by atoms with van der Waals surface area (Å²) in [4.78, 5) is 27.1. The van der Waals surface area contributed by atoms with Crippen LogP contribution in [-0.4, -0.2) is 39.2 Å². The van der Waals surface area contributed by atoms with Crippen LogP contribution < -0.4 is 20.3 Å². The van der Waals surface area contributed by atoms with Crippen molar-refractivity contribution in [3.05, 3.63) is 29.8 Å². The number of rotatable bonds is 8. The van der Waals surface area contributed by atoms with Gasteiger partial charge >= 0.3 is 0 Å². The van der Waals surface area contributed by atoms with Crippen molar-refractivity contribution in [2.75, 3.05) is 27.4 Å². The molecule has 7 heteroatoms. The molecule has 0 aromatic heterocycles. The van der Waals surface area contributed by atoms with Crippen LogP contribution >= 0.6 is 0 Å². The lowest BCUT2D eigenvalue weighted by Gasteiger charge is -2.09. The fraction of sp³-hybridized carbons (Fsp3) is 0.333. The Kier molecular flexibility index (Phi) is 7.49. The fourth-order valence-electron chi connectivity index (χ4n) is 1.51. The van der Waals surface area contributed by atoms with Gasteiger partial charge in [-0.05, 0) is 30.7 Å². The highest BCUT2D eigenvalue weighted by molar-refractivity contribution is 5.91. The Morgan fingerprint density at radius 1 is 1.27 bits per heavy atom. The Morgan fingerprint density at radius 3 is 2.68 bits per heavy atom. The second-order valence-electron chi connectivity index (χ2n) is 4.10. The van der Waals surface area contributed by atoms with Crippen LogP contribution in [0.1, 0.15) is 12.5 Å². The topological polar surface area (TPSA) is 85.9 Å². The molecule has 120 valence electrons. The molecule has 0 aliphatic carbocycles. The monoisotopic (exact) mass is 308 g/mol. The SMILES string of the molecule is CCOc1ccc(/C=C/C(=O)NOCC(=O)NC)cc1OC. The number of ether oxygens (including phenoxy) is 2. The molecule has 1 aromatic rings. The third-order valence-electron chi connectivity index (χ3n) is 2.57. The zero-order valence-electron chi connectivity index (χ0n) is 12.8. The average Bonchev–Trinajstić information content (AvgIpc) is 2.53. The molecule has 22 heavy (non-hydrogen) atoms. The van der Waals surface area contributed by atoms with Crippen LogP contribution in [0.2, 0.25) is 0 Å². The number of likely N-dealkylation sites (N-methyl/N-ethyl adjacent to an activating group) is 1. The molecule has 0 saturated carbocycles. The van der Waals surface area contributed by atoms with E-state index in [4.69, 9.17) is 14.3 Å². The van der Waals surface area contributed by atoms with Gasteiger partial charge in [-0.1, -0.05) is 6.07 Å². The average molecular weight is 308 g/mol. The highest BCUT2D eigenvalue weighted by atomic mass is 16.7. The molecule has 2 amide bonds. The van der Waals surface area contributed by atoms with Crippen LogP contribution in [0.15, 0.2) is 24.3 Å². The maximum atomic E-state index is 11.5. The maximum absolute atomic E-state index is 11.5. The summed E-state index contributed by atoms with van der Waals surface area (Å²) < 4.78 is 10.6. The minimum atomic E-state index is -0.475. The summed E-state index contributed by atoms with van der Waals surface area (Å²) in [5, 5.41) is 2.37. The molecule has 0 spiro atoms. The van der Waals surface area contributed by atoms with E-state index in [1.165, 1.54) is 13.1 Å². The lowest BCUT2D eigenvalue weighted by molar-refractivity contribution is -0.135. The highest BCUT2D eigenvalue weighted by Gasteiger charge is 2.04. The van der Waals surface area contributed by atoms with E-state index in [2.05, 4.69) is 10.8 Å². The Balaban J connectivity index is 2.58. The first-order valence-electron chi connectivity index (χ1n) is 6.72. The number of hydrogen-bond donors (Lipinski definition) is 2. The summed E-state index contributed by atoms with van der Waals surface area (Å²) in [6.07, 6.45) is 2.88. The van der Waals surface area contributed by atoms with E-state index in [9.17, 15) is 9.59 Å². The van der Waals surface area contributed by atoms with E-state index in [-0.39, 0.29) is 12.5 Å². The number of benzene rings is 1. The van der Waals surface area contributed by atoms with Gasteiger partial charge in [-0.15, -0.1) is 0 Å². The number of methoxy groups -OCH3 is 1. The van der Waals surface area contributed by atoms with Gasteiger partial charge in [0.05, 0.1) is 13.7 Å². The molecule has 7 nitrogen and oxygen atoms in total. The van der Waals surface area contributed by atoms with Crippen molar-refractivity contribution < 1.29 is 23.9 Å². The number of hydrogen-bond acceptors (Lipinski definition) is 5. The van der Waals surface area contributed by atoms with E-state index in [0.29, 0.717) is 18.1 Å². The second-order valence-corrected chi connectivity index (χ2v) is 4.10. The number of carbonyl (C=O) groups is 2. The molecule has 2 N–H and O–H groups in total. The summed E-state index contributed by atoms with van der Waals surface area (Å²) in [5.74, 6) is 0.415. The van der Waals surface area contributed by atoms with Crippen molar-refractivity contribution in [2.24, 2.45) is 0 Å². The number of hydroxylamine groups is 1. The standard InChI is InChI=1S/C15H20N2O5/c1-4-21-12-7-5-11(9-13(12)20-3)6-8-14(18)17-22-10-15(19)16-2/h5-9H,4,10H2,1-3H3,(H,16,19)(H,17,18)/b8-6+. The van der Waals surface area contributed by atoms with Gasteiger partial charge in [-0.25, -0.2) is 5.48 Å². The van der Waals surface area contributed by atoms with Gasteiger partial charge in [0.15, 0.2) is 18.1 Å². The van der Waals surface area contributed by atoms with Crippen molar-refractivity contribution in [3.63, 3.8) is 0 Å². The van der Waals surface area contributed by atoms with Gasteiger partial charge < -0.3 is 14.8 Å². The maximum Gasteiger partial charge on any atom is 0.267 e. The Morgan fingerprint density at radius 2 is 2.05 bits per heavy atom. The minimum Gasteiger partial charge on any atom is -0.493 e. The van der Waals surface area contributed by atoms with Gasteiger partial charge in [0.25, 0.3) is 5.91 Å². The van der Waals surface area contributed by atoms with Crippen molar-refractivity contribution in [3.8, 4) is 11.5 Å². The van der Waals surface area contributed by atoms with Crippen molar-refractivity contribution in [1.82, 2.24) is 10.8 Å². The van der Waals surface area contributed by atoms with Crippen LogP contribution in [0.25, 0.3) is 6.08 Å². The van der Waals surface area contributed by atoms with Crippen LogP contribution in [0.3, 0.4) is 0 Å². The summed E-state index contributed by atoms with van der Waals surface area (Å²) in [6, 6.07) is 5.31. The van der Waals surface area contributed by atoms with E-state index < -0.39 is 5.91 Å².